The summed E-state index contributed by atoms with van der Waals surface area (Å²) in [4.78, 5) is 22.0. The molecule has 1 heterocycles. The second kappa shape index (κ2) is 3.74. The molecule has 0 unspecified atom stereocenters. The quantitative estimate of drug-likeness (QED) is 0.559. The largest absolute Gasteiger partial charge is 0.326 e. The first-order valence-corrected chi connectivity index (χ1v) is 4.63. The van der Waals surface area contributed by atoms with Crippen LogP contribution in [0.1, 0.15) is 5.56 Å². The van der Waals surface area contributed by atoms with E-state index in [2.05, 4.69) is 10.6 Å². The van der Waals surface area contributed by atoms with E-state index in [0.717, 1.165) is 0 Å². The number of amides is 3. The van der Waals surface area contributed by atoms with Crippen molar-refractivity contribution in [3.8, 4) is 0 Å². The molecular weight excluding hydrogens is 216 g/mol. The molecule has 1 aliphatic rings. The van der Waals surface area contributed by atoms with Gasteiger partial charge in [-0.25, -0.2) is 4.79 Å². The average Bonchev–Trinajstić information content (AvgIpc) is 2.49. The van der Waals surface area contributed by atoms with E-state index in [1.807, 2.05) is 0 Å². The van der Waals surface area contributed by atoms with E-state index in [-0.39, 0.29) is 5.70 Å². The van der Waals surface area contributed by atoms with E-state index in [1.165, 1.54) is 6.08 Å². The summed E-state index contributed by atoms with van der Waals surface area (Å²) in [5, 5.41) is 5.02. The van der Waals surface area contributed by atoms with Gasteiger partial charge in [-0.2, -0.15) is 0 Å². The van der Waals surface area contributed by atoms with Crippen LogP contribution >= 0.6 is 11.6 Å². The fourth-order valence-electron chi connectivity index (χ4n) is 1.23. The minimum Gasteiger partial charge on any atom is -0.303 e. The Balaban J connectivity index is 2.35. The summed E-state index contributed by atoms with van der Waals surface area (Å²) in [5.41, 5.74) is 0.889. The van der Waals surface area contributed by atoms with Gasteiger partial charge in [0.1, 0.15) is 5.70 Å². The molecule has 0 bridgehead atoms. The van der Waals surface area contributed by atoms with Gasteiger partial charge in [-0.3, -0.25) is 10.1 Å². The van der Waals surface area contributed by atoms with Gasteiger partial charge in [0.25, 0.3) is 5.91 Å². The number of carbonyl (C=O) groups excluding carboxylic acids is 2. The molecule has 2 N–H and O–H groups in total. The molecule has 76 valence electrons. The topological polar surface area (TPSA) is 58.2 Å². The zero-order valence-corrected chi connectivity index (χ0v) is 8.34. The van der Waals surface area contributed by atoms with Gasteiger partial charge in [0, 0.05) is 5.02 Å². The fourth-order valence-corrected chi connectivity index (χ4v) is 1.42. The highest BCUT2D eigenvalue weighted by Crippen LogP contribution is 2.18. The normalized spacial score (nSPS) is 17.8. The molecule has 1 aliphatic heterocycles. The molecule has 2 rings (SSSR count). The van der Waals surface area contributed by atoms with Crippen LogP contribution < -0.4 is 10.6 Å². The van der Waals surface area contributed by atoms with Crippen LogP contribution in [0, 0.1) is 0 Å². The maximum atomic E-state index is 11.2. The summed E-state index contributed by atoms with van der Waals surface area (Å²) >= 11 is 5.90. The van der Waals surface area contributed by atoms with E-state index in [4.69, 9.17) is 11.6 Å². The van der Waals surface area contributed by atoms with Crippen LogP contribution in [0.2, 0.25) is 5.02 Å². The van der Waals surface area contributed by atoms with Crippen LogP contribution in [0.4, 0.5) is 4.79 Å². The van der Waals surface area contributed by atoms with Crippen molar-refractivity contribution < 1.29 is 9.59 Å². The van der Waals surface area contributed by atoms with E-state index < -0.39 is 11.9 Å². The molecule has 15 heavy (non-hydrogen) atoms. The highest BCUT2D eigenvalue weighted by molar-refractivity contribution is 6.32. The maximum absolute atomic E-state index is 11.2. The Morgan fingerprint density at radius 1 is 1.13 bits per heavy atom. The zero-order valence-electron chi connectivity index (χ0n) is 7.58. The number of urea groups is 1. The number of hydrogen-bond acceptors (Lipinski definition) is 2. The first-order chi connectivity index (χ1) is 7.16. The lowest BCUT2D eigenvalue weighted by Crippen LogP contribution is -2.22. The molecule has 0 atom stereocenters. The molecule has 0 aromatic heterocycles. The Morgan fingerprint density at radius 2 is 1.87 bits per heavy atom. The number of imide groups is 1. The van der Waals surface area contributed by atoms with Gasteiger partial charge in [-0.15, -0.1) is 0 Å². The van der Waals surface area contributed by atoms with E-state index in [9.17, 15) is 9.59 Å². The molecule has 5 heteroatoms. The Bertz CT molecular complexity index is 468. The standard InChI is InChI=1S/C10H7ClN2O2/c11-7-4-2-1-3-6(7)5-8-9(14)13-10(15)12-8/h1-5H,(H2,12,13,14,15)/b8-5-. The smallest absolute Gasteiger partial charge is 0.303 e. The second-order valence-electron chi connectivity index (χ2n) is 2.99. The van der Waals surface area contributed by atoms with Crippen molar-refractivity contribution in [1.29, 1.82) is 0 Å². The van der Waals surface area contributed by atoms with Crippen LogP contribution in [0.5, 0.6) is 0 Å². The lowest BCUT2D eigenvalue weighted by molar-refractivity contribution is -0.115. The highest BCUT2D eigenvalue weighted by atomic mass is 35.5. The fraction of sp³-hybridized carbons (Fsp3) is 0. The third-order valence-corrected chi connectivity index (χ3v) is 2.27. The number of nitrogens with one attached hydrogen (secondary N) is 2. The first kappa shape index (κ1) is 9.73. The molecule has 0 saturated carbocycles. The molecule has 3 amide bonds. The summed E-state index contributed by atoms with van der Waals surface area (Å²) in [5.74, 6) is -0.445. The third-order valence-electron chi connectivity index (χ3n) is 1.92. The molecule has 1 saturated heterocycles. The predicted octanol–water partition coefficient (Wildman–Crippen LogP) is 1.52. The Morgan fingerprint density at radius 3 is 2.47 bits per heavy atom. The zero-order chi connectivity index (χ0) is 10.8. The molecule has 4 nitrogen and oxygen atoms in total. The Labute approximate surface area is 90.9 Å². The van der Waals surface area contributed by atoms with E-state index >= 15 is 0 Å². The van der Waals surface area contributed by atoms with Gasteiger partial charge in [-0.05, 0) is 17.7 Å². The van der Waals surface area contributed by atoms with Crippen molar-refractivity contribution in [2.75, 3.05) is 0 Å². The number of carbonyl (C=O) groups is 2. The van der Waals surface area contributed by atoms with Crippen molar-refractivity contribution in [1.82, 2.24) is 10.6 Å². The van der Waals surface area contributed by atoms with Crippen LogP contribution in [-0.4, -0.2) is 11.9 Å². The highest BCUT2D eigenvalue weighted by Gasteiger charge is 2.22. The van der Waals surface area contributed by atoms with Gasteiger partial charge in [0.05, 0.1) is 0 Å². The lowest BCUT2D eigenvalue weighted by atomic mass is 10.2. The van der Waals surface area contributed by atoms with Crippen LogP contribution in [0.25, 0.3) is 6.08 Å². The summed E-state index contributed by atoms with van der Waals surface area (Å²) in [6.45, 7) is 0. The first-order valence-electron chi connectivity index (χ1n) is 4.25. The number of benzene rings is 1. The van der Waals surface area contributed by atoms with Crippen molar-refractivity contribution in [3.63, 3.8) is 0 Å². The summed E-state index contributed by atoms with van der Waals surface area (Å²) in [6.07, 6.45) is 1.53. The molecule has 0 radical (unpaired) electrons. The molecule has 1 fully saturated rings. The van der Waals surface area contributed by atoms with Gasteiger partial charge in [-0.1, -0.05) is 29.8 Å². The van der Waals surface area contributed by atoms with Crippen molar-refractivity contribution in [2.24, 2.45) is 0 Å². The Hall–Kier alpha value is -1.81. The minimum atomic E-state index is -0.515. The SMILES string of the molecule is O=C1NC(=O)/C(=C/c2ccccc2Cl)N1. The minimum absolute atomic E-state index is 0.202. The van der Waals surface area contributed by atoms with Crippen LogP contribution in [0.15, 0.2) is 30.0 Å². The van der Waals surface area contributed by atoms with Gasteiger partial charge in [0.15, 0.2) is 0 Å². The summed E-state index contributed by atoms with van der Waals surface area (Å²) in [6, 6.07) is 6.54. The Kier molecular flexibility index (Phi) is 2.43. The summed E-state index contributed by atoms with van der Waals surface area (Å²) in [7, 11) is 0. The number of rotatable bonds is 1. The van der Waals surface area contributed by atoms with Crippen LogP contribution in [0.3, 0.4) is 0 Å². The molecule has 0 spiro atoms. The lowest BCUT2D eigenvalue weighted by Gasteiger charge is -1.98. The van der Waals surface area contributed by atoms with Crippen molar-refractivity contribution >= 4 is 29.6 Å². The average molecular weight is 223 g/mol. The molecule has 1 aromatic carbocycles. The van der Waals surface area contributed by atoms with Gasteiger partial charge < -0.3 is 5.32 Å². The molecular formula is C10H7ClN2O2. The molecule has 0 aliphatic carbocycles. The van der Waals surface area contributed by atoms with Gasteiger partial charge >= 0.3 is 6.03 Å². The number of halogens is 1. The summed E-state index contributed by atoms with van der Waals surface area (Å²) < 4.78 is 0. The third kappa shape index (κ3) is 1.99. The maximum Gasteiger partial charge on any atom is 0.326 e. The van der Waals surface area contributed by atoms with E-state index in [0.29, 0.717) is 10.6 Å². The second-order valence-corrected chi connectivity index (χ2v) is 3.39. The van der Waals surface area contributed by atoms with E-state index in [1.54, 1.807) is 24.3 Å². The van der Waals surface area contributed by atoms with Crippen LogP contribution in [-0.2, 0) is 4.79 Å². The predicted molar refractivity (Wildman–Crippen MR) is 56.1 cm³/mol. The van der Waals surface area contributed by atoms with Gasteiger partial charge in [0.2, 0.25) is 0 Å². The van der Waals surface area contributed by atoms with Crippen molar-refractivity contribution in [3.05, 3.63) is 40.5 Å². The molecule has 1 aromatic rings. The monoisotopic (exact) mass is 222 g/mol. The van der Waals surface area contributed by atoms with Crippen molar-refractivity contribution in [2.45, 2.75) is 0 Å². The number of hydrogen-bond donors (Lipinski definition) is 2.